The van der Waals surface area contributed by atoms with Crippen molar-refractivity contribution < 1.29 is 9.59 Å². The third-order valence-electron chi connectivity index (χ3n) is 8.23. The number of nitrogens with one attached hydrogen (secondary N) is 2. The van der Waals surface area contributed by atoms with Gasteiger partial charge in [0.05, 0.1) is 0 Å². The lowest BCUT2D eigenvalue weighted by molar-refractivity contribution is -0.123. The van der Waals surface area contributed by atoms with E-state index in [-0.39, 0.29) is 17.4 Å². The summed E-state index contributed by atoms with van der Waals surface area (Å²) in [6, 6.07) is 25.4. The topological polar surface area (TPSA) is 61.4 Å². The highest BCUT2D eigenvalue weighted by Crippen LogP contribution is 2.32. The van der Waals surface area contributed by atoms with Gasteiger partial charge >= 0.3 is 0 Å². The summed E-state index contributed by atoms with van der Waals surface area (Å²) >= 11 is 0. The van der Waals surface area contributed by atoms with Crippen molar-refractivity contribution in [2.24, 2.45) is 5.92 Å². The fourth-order valence-corrected chi connectivity index (χ4v) is 6.15. The van der Waals surface area contributed by atoms with Crippen molar-refractivity contribution in [2.45, 2.75) is 56.9 Å². The number of rotatable bonds is 10. The largest absolute Gasteiger partial charge is 0.356 e. The van der Waals surface area contributed by atoms with Gasteiger partial charge in [-0.05, 0) is 72.9 Å². The Morgan fingerprint density at radius 3 is 2.68 bits per heavy atom. The molecule has 37 heavy (non-hydrogen) atoms. The van der Waals surface area contributed by atoms with E-state index in [1.54, 1.807) is 0 Å². The molecule has 3 aromatic rings. The first-order valence-electron chi connectivity index (χ1n) is 13.9. The Morgan fingerprint density at radius 1 is 1.03 bits per heavy atom. The van der Waals surface area contributed by atoms with Gasteiger partial charge in [-0.15, -0.1) is 0 Å². The molecule has 0 saturated carbocycles. The van der Waals surface area contributed by atoms with Gasteiger partial charge in [0.2, 0.25) is 11.8 Å². The fraction of sp³-hybridized carbons (Fsp3) is 0.438. The Morgan fingerprint density at radius 2 is 1.84 bits per heavy atom. The number of amides is 2. The van der Waals surface area contributed by atoms with Crippen LogP contribution in [0, 0.1) is 5.92 Å². The summed E-state index contributed by atoms with van der Waals surface area (Å²) in [6.45, 7) is 4.01. The first-order valence-corrected chi connectivity index (χ1v) is 13.9. The van der Waals surface area contributed by atoms with Crippen molar-refractivity contribution >= 4 is 22.6 Å². The van der Waals surface area contributed by atoms with Crippen LogP contribution in [0.3, 0.4) is 0 Å². The molecule has 2 aliphatic heterocycles. The number of fused-ring (bicyclic) bond motifs is 1. The molecule has 2 atom stereocenters. The van der Waals surface area contributed by atoms with E-state index in [1.807, 2.05) is 0 Å². The van der Waals surface area contributed by atoms with Gasteiger partial charge in [0.1, 0.15) is 0 Å². The van der Waals surface area contributed by atoms with Gasteiger partial charge in [0.25, 0.3) is 0 Å². The molecule has 2 aliphatic rings. The average molecular weight is 498 g/mol. The van der Waals surface area contributed by atoms with Crippen molar-refractivity contribution in [3.63, 3.8) is 0 Å². The van der Waals surface area contributed by atoms with Crippen LogP contribution in [-0.4, -0.2) is 48.4 Å². The first kappa shape index (κ1) is 25.5. The van der Waals surface area contributed by atoms with E-state index in [1.165, 1.54) is 34.7 Å². The molecule has 2 heterocycles. The minimum absolute atomic E-state index is 0.0958. The predicted octanol–water partition coefficient (Wildman–Crippen LogP) is 4.88. The lowest BCUT2D eigenvalue weighted by atomic mass is 9.83. The SMILES string of the molecule is O=C(CCC1(Cc2cccc3ccccc23)CCC(=O)N1)NCC1CCCN(CCc2ccccc2)C1. The summed E-state index contributed by atoms with van der Waals surface area (Å²) < 4.78 is 0. The number of hydrogen-bond donors (Lipinski definition) is 2. The molecule has 194 valence electrons. The van der Waals surface area contributed by atoms with Crippen LogP contribution in [0.15, 0.2) is 72.8 Å². The highest BCUT2D eigenvalue weighted by atomic mass is 16.2. The van der Waals surface area contributed by atoms with Crippen LogP contribution < -0.4 is 10.6 Å². The molecule has 5 nitrogen and oxygen atoms in total. The number of carbonyl (C=O) groups is 2. The summed E-state index contributed by atoms with van der Waals surface area (Å²) in [4.78, 5) is 27.7. The summed E-state index contributed by atoms with van der Waals surface area (Å²) in [5.41, 5.74) is 2.27. The second-order valence-corrected chi connectivity index (χ2v) is 11.0. The van der Waals surface area contributed by atoms with Gasteiger partial charge in [-0.25, -0.2) is 0 Å². The quantitative estimate of drug-likeness (QED) is 0.420. The molecule has 0 spiro atoms. The Bertz CT molecular complexity index is 1210. The van der Waals surface area contributed by atoms with Gasteiger partial charge in [-0.3, -0.25) is 9.59 Å². The average Bonchev–Trinajstić information content (AvgIpc) is 3.31. The Labute approximate surface area is 220 Å². The minimum Gasteiger partial charge on any atom is -0.356 e. The number of benzene rings is 3. The summed E-state index contributed by atoms with van der Waals surface area (Å²) in [6.07, 6.45) is 6.61. The van der Waals surface area contributed by atoms with Crippen LogP contribution >= 0.6 is 0 Å². The molecule has 0 aromatic heterocycles. The molecular formula is C32H39N3O2. The Balaban J connectivity index is 1.12. The summed E-state index contributed by atoms with van der Waals surface area (Å²) in [5.74, 6) is 0.697. The van der Waals surface area contributed by atoms with Crippen molar-refractivity contribution in [1.82, 2.24) is 15.5 Å². The molecule has 0 radical (unpaired) electrons. The van der Waals surface area contributed by atoms with E-state index in [2.05, 4.69) is 88.3 Å². The fourth-order valence-electron chi connectivity index (χ4n) is 6.15. The third kappa shape index (κ3) is 6.78. The predicted molar refractivity (Wildman–Crippen MR) is 149 cm³/mol. The number of hydrogen-bond acceptors (Lipinski definition) is 3. The molecule has 2 N–H and O–H groups in total. The van der Waals surface area contributed by atoms with E-state index in [9.17, 15) is 9.59 Å². The van der Waals surface area contributed by atoms with Gasteiger partial charge in [-0.1, -0.05) is 72.8 Å². The Kier molecular flexibility index (Phi) is 8.20. The summed E-state index contributed by atoms with van der Waals surface area (Å²) in [5, 5.41) is 8.90. The van der Waals surface area contributed by atoms with Crippen LogP contribution in [0.5, 0.6) is 0 Å². The molecule has 0 bridgehead atoms. The van der Waals surface area contributed by atoms with E-state index in [4.69, 9.17) is 0 Å². The third-order valence-corrected chi connectivity index (χ3v) is 8.23. The molecular weight excluding hydrogens is 458 g/mol. The van der Waals surface area contributed by atoms with Crippen molar-refractivity contribution in [3.8, 4) is 0 Å². The second-order valence-electron chi connectivity index (χ2n) is 11.0. The van der Waals surface area contributed by atoms with E-state index in [0.717, 1.165) is 45.4 Å². The zero-order valence-corrected chi connectivity index (χ0v) is 21.8. The highest BCUT2D eigenvalue weighted by Gasteiger charge is 2.38. The maximum atomic E-state index is 12.9. The Hall–Kier alpha value is -3.18. The van der Waals surface area contributed by atoms with Crippen LogP contribution in [0.25, 0.3) is 10.8 Å². The highest BCUT2D eigenvalue weighted by molar-refractivity contribution is 5.86. The van der Waals surface area contributed by atoms with Crippen molar-refractivity contribution in [3.05, 3.63) is 83.9 Å². The van der Waals surface area contributed by atoms with Crippen LogP contribution in [0.4, 0.5) is 0 Å². The lowest BCUT2D eigenvalue weighted by Crippen LogP contribution is -2.45. The molecule has 2 fully saturated rings. The molecule has 2 saturated heterocycles. The van der Waals surface area contributed by atoms with Gasteiger partial charge < -0.3 is 15.5 Å². The lowest BCUT2D eigenvalue weighted by Gasteiger charge is -2.33. The monoisotopic (exact) mass is 497 g/mol. The van der Waals surface area contributed by atoms with E-state index >= 15 is 0 Å². The van der Waals surface area contributed by atoms with Crippen LogP contribution in [0.2, 0.25) is 0 Å². The van der Waals surface area contributed by atoms with Gasteiger partial charge in [-0.2, -0.15) is 0 Å². The number of likely N-dealkylation sites (tertiary alicyclic amines) is 1. The van der Waals surface area contributed by atoms with Crippen molar-refractivity contribution in [1.29, 1.82) is 0 Å². The van der Waals surface area contributed by atoms with E-state index in [0.29, 0.717) is 25.2 Å². The van der Waals surface area contributed by atoms with Crippen molar-refractivity contribution in [2.75, 3.05) is 26.2 Å². The smallest absolute Gasteiger partial charge is 0.220 e. The van der Waals surface area contributed by atoms with E-state index < -0.39 is 0 Å². The number of carbonyl (C=O) groups excluding carboxylic acids is 2. The molecule has 3 aromatic carbocycles. The molecule has 2 unspecified atom stereocenters. The normalized spacial score (nSPS) is 22.2. The number of piperidine rings is 1. The zero-order chi connectivity index (χ0) is 25.5. The van der Waals surface area contributed by atoms with Crippen LogP contribution in [0.1, 0.15) is 49.7 Å². The zero-order valence-electron chi connectivity index (χ0n) is 21.8. The van der Waals surface area contributed by atoms with Gasteiger partial charge in [0, 0.05) is 38.0 Å². The maximum absolute atomic E-state index is 12.9. The molecule has 5 heteroatoms. The van der Waals surface area contributed by atoms with Crippen LogP contribution in [-0.2, 0) is 22.4 Å². The standard InChI is InChI=1S/C32H39N3O2/c36-30(33-23-26-10-7-20-35(24-26)21-17-25-8-2-1-3-9-25)15-18-32(19-16-31(37)34-32)22-28-13-6-12-27-11-4-5-14-29(27)28/h1-6,8-9,11-14,26H,7,10,15-24H2,(H,33,36)(H,34,37). The molecule has 2 amide bonds. The maximum Gasteiger partial charge on any atom is 0.220 e. The molecule has 5 rings (SSSR count). The molecule has 0 aliphatic carbocycles. The van der Waals surface area contributed by atoms with Gasteiger partial charge in [0.15, 0.2) is 0 Å². The summed E-state index contributed by atoms with van der Waals surface area (Å²) in [7, 11) is 0. The number of nitrogens with zero attached hydrogens (tertiary/aromatic N) is 1. The first-order chi connectivity index (χ1) is 18.1. The minimum atomic E-state index is -0.350. The second kappa shape index (κ2) is 11.9.